The molecule has 0 unspecified atom stereocenters. The van der Waals surface area contributed by atoms with Crippen LogP contribution in [0.4, 0.5) is 4.39 Å². The van der Waals surface area contributed by atoms with E-state index in [1.165, 1.54) is 12.5 Å². The predicted octanol–water partition coefficient (Wildman–Crippen LogP) is 5.76. The third-order valence-electron chi connectivity index (χ3n) is 5.88. The first kappa shape index (κ1) is 21.9. The number of aliphatic hydroxyl groups is 1. The summed E-state index contributed by atoms with van der Waals surface area (Å²) in [5.74, 6) is 0.812. The van der Waals surface area contributed by atoms with Gasteiger partial charge in [0.1, 0.15) is 17.4 Å². The van der Waals surface area contributed by atoms with Gasteiger partial charge in [-0.1, -0.05) is 20.8 Å². The summed E-state index contributed by atoms with van der Waals surface area (Å²) < 4.78 is 17.0. The molecule has 0 saturated heterocycles. The normalized spacial score (nSPS) is 15.7. The molecule has 1 fully saturated rings. The Morgan fingerprint density at radius 2 is 1.93 bits per heavy atom. The lowest BCUT2D eigenvalue weighted by molar-refractivity contribution is -0.120. The average Bonchev–Trinajstić information content (AvgIpc) is 2.80. The Morgan fingerprint density at radius 3 is 2.45 bits per heavy atom. The maximum Gasteiger partial charge on any atom is 0.133 e. The van der Waals surface area contributed by atoms with Gasteiger partial charge in [0.25, 0.3) is 0 Å². The number of aryl methyl sites for hydroxylation is 2. The minimum atomic E-state index is -1.25. The van der Waals surface area contributed by atoms with E-state index < -0.39 is 11.4 Å². The van der Waals surface area contributed by atoms with Crippen molar-refractivity contribution in [2.75, 3.05) is 0 Å². The third-order valence-corrected chi connectivity index (χ3v) is 5.88. The number of carbonyl (C=O) groups is 1. The summed E-state index contributed by atoms with van der Waals surface area (Å²) in [7, 11) is 0. The van der Waals surface area contributed by atoms with Gasteiger partial charge < -0.3 is 9.67 Å². The average molecular weight is 403 g/mol. The number of imidazole rings is 1. The Hall–Kier alpha value is -1.75. The van der Waals surface area contributed by atoms with Gasteiger partial charge in [-0.05, 0) is 57.4 Å². The fraction of sp³-hybridized carbons (Fsp3) is 0.667. The molecule has 0 atom stereocenters. The number of hydrogen-bond acceptors (Lipinski definition) is 3. The van der Waals surface area contributed by atoms with E-state index in [1.54, 1.807) is 13.8 Å². The van der Waals surface area contributed by atoms with E-state index in [0.29, 0.717) is 36.4 Å². The lowest BCUT2D eigenvalue weighted by Crippen LogP contribution is -2.22. The SMILES string of the molecule is Cc1c(C(C)(C)O)c(F)cc2nc(CCCC(=O)CC(C)(C)C)n(C3CCC3)c12. The van der Waals surface area contributed by atoms with Crippen LogP contribution in [0.3, 0.4) is 0 Å². The van der Waals surface area contributed by atoms with Gasteiger partial charge in [0, 0.05) is 36.9 Å². The number of Topliss-reactive ketones (excluding diaryl/α,β-unsaturated/α-hetero) is 1. The zero-order valence-corrected chi connectivity index (χ0v) is 18.7. The lowest BCUT2D eigenvalue weighted by atomic mass is 9.88. The molecular weight excluding hydrogens is 367 g/mol. The first-order chi connectivity index (χ1) is 13.4. The van der Waals surface area contributed by atoms with Gasteiger partial charge in [0.2, 0.25) is 0 Å². The van der Waals surface area contributed by atoms with Crippen molar-refractivity contribution in [2.45, 2.75) is 98.1 Å². The molecule has 1 N–H and O–H groups in total. The Bertz CT molecular complexity index is 912. The minimum Gasteiger partial charge on any atom is -0.386 e. The van der Waals surface area contributed by atoms with E-state index >= 15 is 0 Å². The molecule has 1 aliphatic carbocycles. The highest BCUT2D eigenvalue weighted by molar-refractivity contribution is 5.82. The van der Waals surface area contributed by atoms with E-state index in [-0.39, 0.29) is 11.2 Å². The molecule has 5 heteroatoms. The van der Waals surface area contributed by atoms with Crippen LogP contribution in [0.15, 0.2) is 6.07 Å². The second-order valence-corrected chi connectivity index (χ2v) is 10.4. The van der Waals surface area contributed by atoms with Crippen LogP contribution >= 0.6 is 0 Å². The molecule has 2 aromatic rings. The van der Waals surface area contributed by atoms with Gasteiger partial charge in [-0.2, -0.15) is 0 Å². The van der Waals surface area contributed by atoms with E-state index in [1.807, 2.05) is 6.92 Å². The molecule has 0 bridgehead atoms. The number of nitrogens with zero attached hydrogens (tertiary/aromatic N) is 2. The summed E-state index contributed by atoms with van der Waals surface area (Å²) in [6, 6.07) is 1.83. The zero-order valence-electron chi connectivity index (χ0n) is 18.7. The molecular formula is C24H35FN2O2. The number of aromatic nitrogens is 2. The zero-order chi connectivity index (χ0) is 21.6. The van der Waals surface area contributed by atoms with Crippen LogP contribution in [-0.4, -0.2) is 20.4 Å². The van der Waals surface area contributed by atoms with Crippen LogP contribution in [0, 0.1) is 18.2 Å². The summed E-state index contributed by atoms with van der Waals surface area (Å²) in [5.41, 5.74) is 1.45. The van der Waals surface area contributed by atoms with Crippen molar-refractivity contribution in [3.05, 3.63) is 28.8 Å². The van der Waals surface area contributed by atoms with Crippen LogP contribution in [0.2, 0.25) is 0 Å². The van der Waals surface area contributed by atoms with E-state index in [9.17, 15) is 14.3 Å². The second-order valence-electron chi connectivity index (χ2n) is 10.4. The van der Waals surface area contributed by atoms with Crippen molar-refractivity contribution >= 4 is 16.8 Å². The number of benzene rings is 1. The molecule has 1 heterocycles. The number of rotatable bonds is 7. The molecule has 29 heavy (non-hydrogen) atoms. The van der Waals surface area contributed by atoms with Crippen LogP contribution < -0.4 is 0 Å². The van der Waals surface area contributed by atoms with Gasteiger partial charge in [-0.25, -0.2) is 9.37 Å². The first-order valence-electron chi connectivity index (χ1n) is 10.8. The quantitative estimate of drug-likeness (QED) is 0.640. The van der Waals surface area contributed by atoms with Crippen LogP contribution in [-0.2, 0) is 16.8 Å². The van der Waals surface area contributed by atoms with E-state index in [0.717, 1.165) is 36.2 Å². The van der Waals surface area contributed by atoms with E-state index in [2.05, 4.69) is 25.3 Å². The Labute approximate surface area is 173 Å². The Kier molecular flexibility index (Phi) is 5.92. The molecule has 0 spiro atoms. The van der Waals surface area contributed by atoms with Gasteiger partial charge >= 0.3 is 0 Å². The summed E-state index contributed by atoms with van der Waals surface area (Å²) in [6.07, 6.45) is 5.97. The molecule has 1 aliphatic rings. The van der Waals surface area contributed by atoms with Gasteiger partial charge in [-0.15, -0.1) is 0 Å². The highest BCUT2D eigenvalue weighted by atomic mass is 19.1. The molecule has 0 amide bonds. The van der Waals surface area contributed by atoms with Crippen molar-refractivity contribution in [2.24, 2.45) is 5.41 Å². The minimum absolute atomic E-state index is 0.0122. The molecule has 4 nitrogen and oxygen atoms in total. The smallest absolute Gasteiger partial charge is 0.133 e. The van der Waals surface area contributed by atoms with Crippen molar-refractivity contribution in [1.82, 2.24) is 9.55 Å². The van der Waals surface area contributed by atoms with Crippen LogP contribution in [0.5, 0.6) is 0 Å². The second kappa shape index (κ2) is 7.82. The van der Waals surface area contributed by atoms with Gasteiger partial charge in [0.05, 0.1) is 16.6 Å². The summed E-state index contributed by atoms with van der Waals surface area (Å²) in [5, 5.41) is 10.5. The molecule has 0 radical (unpaired) electrons. The summed E-state index contributed by atoms with van der Waals surface area (Å²) in [4.78, 5) is 17.0. The number of fused-ring (bicyclic) bond motifs is 1. The molecule has 0 aliphatic heterocycles. The Balaban J connectivity index is 1.93. The largest absolute Gasteiger partial charge is 0.386 e. The number of ketones is 1. The van der Waals surface area contributed by atoms with Gasteiger partial charge in [0.15, 0.2) is 0 Å². The Morgan fingerprint density at radius 1 is 1.28 bits per heavy atom. The third kappa shape index (κ3) is 4.71. The standard InChI is InChI=1S/C24H35FN2O2/c1-15-21(24(5,6)29)18(25)13-19-22(15)27(16-9-7-10-16)20(26-19)12-8-11-17(28)14-23(2,3)4/h13,16,29H,7-12,14H2,1-6H3. The molecule has 1 aromatic heterocycles. The monoisotopic (exact) mass is 402 g/mol. The summed E-state index contributed by atoms with van der Waals surface area (Å²) in [6.45, 7) is 11.4. The maximum absolute atomic E-state index is 14.8. The van der Waals surface area contributed by atoms with Crippen LogP contribution in [0.25, 0.3) is 11.0 Å². The van der Waals surface area contributed by atoms with Crippen LogP contribution in [0.1, 0.15) is 96.1 Å². The highest BCUT2D eigenvalue weighted by Gasteiger charge is 2.30. The lowest BCUT2D eigenvalue weighted by Gasteiger charge is -2.30. The molecule has 1 saturated carbocycles. The number of halogens is 1. The van der Waals surface area contributed by atoms with Gasteiger partial charge in [-0.3, -0.25) is 4.79 Å². The van der Waals surface area contributed by atoms with Crippen molar-refractivity contribution in [3.63, 3.8) is 0 Å². The first-order valence-corrected chi connectivity index (χ1v) is 10.8. The predicted molar refractivity (Wildman–Crippen MR) is 115 cm³/mol. The fourth-order valence-corrected chi connectivity index (χ4v) is 4.55. The number of carbonyl (C=O) groups excluding carboxylic acids is 1. The summed E-state index contributed by atoms with van der Waals surface area (Å²) >= 11 is 0. The molecule has 3 rings (SSSR count). The highest BCUT2D eigenvalue weighted by Crippen LogP contribution is 2.39. The van der Waals surface area contributed by atoms with Crippen molar-refractivity contribution in [1.29, 1.82) is 0 Å². The maximum atomic E-state index is 14.8. The van der Waals surface area contributed by atoms with E-state index in [4.69, 9.17) is 4.98 Å². The topological polar surface area (TPSA) is 55.1 Å². The number of hydrogen-bond donors (Lipinski definition) is 1. The fourth-order valence-electron chi connectivity index (χ4n) is 4.55. The van der Waals surface area contributed by atoms with Crippen molar-refractivity contribution < 1.29 is 14.3 Å². The van der Waals surface area contributed by atoms with Crippen molar-refractivity contribution in [3.8, 4) is 0 Å². The molecule has 160 valence electrons. The molecule has 1 aromatic carbocycles.